The first-order chi connectivity index (χ1) is 10.3. The summed E-state index contributed by atoms with van der Waals surface area (Å²) in [5.74, 6) is 1.27. The van der Waals surface area contributed by atoms with Gasteiger partial charge in [0.25, 0.3) is 0 Å². The quantitative estimate of drug-likeness (QED) is 0.914. The Morgan fingerprint density at radius 1 is 1.19 bits per heavy atom. The topological polar surface area (TPSA) is 35.2 Å². The van der Waals surface area contributed by atoms with Crippen LogP contribution in [0, 0.1) is 0 Å². The highest BCUT2D eigenvalue weighted by Gasteiger charge is 2.20. The molecule has 3 rings (SSSR count). The molecule has 0 heterocycles. The van der Waals surface area contributed by atoms with Gasteiger partial charge in [-0.05, 0) is 42.5 Å². The van der Waals surface area contributed by atoms with Crippen molar-refractivity contribution >= 4 is 11.6 Å². The maximum absolute atomic E-state index is 6.06. The smallest absolute Gasteiger partial charge is 0.125 e. The monoisotopic (exact) mass is 301 g/mol. The summed E-state index contributed by atoms with van der Waals surface area (Å²) < 4.78 is 6.04. The SMILES string of the molecule is NCc1ccc(Cl)cc1OCC1CCCc2ccccc21. The van der Waals surface area contributed by atoms with E-state index in [1.165, 1.54) is 30.4 Å². The fourth-order valence-electron chi connectivity index (χ4n) is 3.05. The van der Waals surface area contributed by atoms with Crippen molar-refractivity contribution < 1.29 is 4.74 Å². The van der Waals surface area contributed by atoms with Crippen molar-refractivity contribution in [1.29, 1.82) is 0 Å². The highest BCUT2D eigenvalue weighted by molar-refractivity contribution is 6.30. The van der Waals surface area contributed by atoms with Gasteiger partial charge in [0, 0.05) is 23.0 Å². The number of aryl methyl sites for hydroxylation is 1. The predicted octanol–water partition coefficient (Wildman–Crippen LogP) is 4.30. The zero-order chi connectivity index (χ0) is 14.7. The van der Waals surface area contributed by atoms with Crippen LogP contribution >= 0.6 is 11.6 Å². The lowest BCUT2D eigenvalue weighted by atomic mass is 9.83. The Labute approximate surface area is 130 Å². The Morgan fingerprint density at radius 3 is 2.90 bits per heavy atom. The molecule has 0 saturated carbocycles. The molecule has 0 spiro atoms. The van der Waals surface area contributed by atoms with E-state index in [1.807, 2.05) is 18.2 Å². The molecule has 3 heteroatoms. The maximum atomic E-state index is 6.06. The zero-order valence-electron chi connectivity index (χ0n) is 12.0. The van der Waals surface area contributed by atoms with Crippen LogP contribution in [0.2, 0.25) is 5.02 Å². The van der Waals surface area contributed by atoms with Crippen LogP contribution < -0.4 is 10.5 Å². The number of nitrogens with two attached hydrogens (primary N) is 1. The van der Waals surface area contributed by atoms with E-state index in [9.17, 15) is 0 Å². The third kappa shape index (κ3) is 3.22. The number of ether oxygens (including phenoxy) is 1. The Morgan fingerprint density at radius 2 is 2.05 bits per heavy atom. The normalized spacial score (nSPS) is 17.3. The highest BCUT2D eigenvalue weighted by Crippen LogP contribution is 2.32. The molecule has 0 saturated heterocycles. The van der Waals surface area contributed by atoms with Gasteiger partial charge in [-0.25, -0.2) is 0 Å². The van der Waals surface area contributed by atoms with Crippen LogP contribution in [0.25, 0.3) is 0 Å². The molecule has 0 bridgehead atoms. The predicted molar refractivity (Wildman–Crippen MR) is 87.0 cm³/mol. The standard InChI is InChI=1S/C18H20ClNO/c19-16-9-8-14(11-20)18(10-16)21-12-15-6-3-5-13-4-1-2-7-17(13)15/h1-2,4,7-10,15H,3,5-6,11-12,20H2. The molecule has 1 aliphatic carbocycles. The highest BCUT2D eigenvalue weighted by atomic mass is 35.5. The molecule has 2 nitrogen and oxygen atoms in total. The fraction of sp³-hybridized carbons (Fsp3) is 0.333. The molecule has 21 heavy (non-hydrogen) atoms. The van der Waals surface area contributed by atoms with Crippen molar-refractivity contribution in [2.24, 2.45) is 5.73 Å². The first-order valence-electron chi connectivity index (χ1n) is 7.47. The van der Waals surface area contributed by atoms with Gasteiger partial charge in [-0.2, -0.15) is 0 Å². The average Bonchev–Trinajstić information content (AvgIpc) is 2.53. The number of rotatable bonds is 4. The van der Waals surface area contributed by atoms with Gasteiger partial charge in [0.2, 0.25) is 0 Å². The molecule has 0 aliphatic heterocycles. The van der Waals surface area contributed by atoms with Gasteiger partial charge in [-0.3, -0.25) is 0 Å². The third-order valence-electron chi connectivity index (χ3n) is 4.18. The van der Waals surface area contributed by atoms with Crippen LogP contribution in [-0.4, -0.2) is 6.61 Å². The first kappa shape index (κ1) is 14.4. The van der Waals surface area contributed by atoms with Gasteiger partial charge < -0.3 is 10.5 Å². The molecule has 0 amide bonds. The Kier molecular flexibility index (Phi) is 4.47. The van der Waals surface area contributed by atoms with E-state index in [2.05, 4.69) is 24.3 Å². The number of benzene rings is 2. The molecule has 1 unspecified atom stereocenters. The summed E-state index contributed by atoms with van der Waals surface area (Å²) in [5.41, 5.74) is 9.66. The summed E-state index contributed by atoms with van der Waals surface area (Å²) in [5, 5.41) is 0.686. The van der Waals surface area contributed by atoms with Crippen LogP contribution in [0.5, 0.6) is 5.75 Å². The van der Waals surface area contributed by atoms with E-state index in [1.54, 1.807) is 0 Å². The van der Waals surface area contributed by atoms with E-state index in [0.717, 1.165) is 11.3 Å². The van der Waals surface area contributed by atoms with E-state index in [0.29, 0.717) is 24.1 Å². The summed E-state index contributed by atoms with van der Waals surface area (Å²) in [6.45, 7) is 1.15. The van der Waals surface area contributed by atoms with Gasteiger partial charge in [-0.1, -0.05) is 41.9 Å². The van der Waals surface area contributed by atoms with Gasteiger partial charge in [-0.15, -0.1) is 0 Å². The Bertz CT molecular complexity index is 626. The molecule has 0 fully saturated rings. The van der Waals surface area contributed by atoms with Crippen molar-refractivity contribution in [1.82, 2.24) is 0 Å². The van der Waals surface area contributed by atoms with Crippen molar-refractivity contribution in [3.63, 3.8) is 0 Å². The number of hydrogen-bond acceptors (Lipinski definition) is 2. The van der Waals surface area contributed by atoms with E-state index in [4.69, 9.17) is 22.1 Å². The number of hydrogen-bond donors (Lipinski definition) is 1. The molecule has 2 aromatic rings. The van der Waals surface area contributed by atoms with Gasteiger partial charge in [0.1, 0.15) is 5.75 Å². The lowest BCUT2D eigenvalue weighted by Gasteiger charge is -2.26. The fourth-order valence-corrected chi connectivity index (χ4v) is 3.21. The van der Waals surface area contributed by atoms with E-state index in [-0.39, 0.29) is 0 Å². The van der Waals surface area contributed by atoms with Crippen molar-refractivity contribution in [3.8, 4) is 5.75 Å². The summed E-state index contributed by atoms with van der Waals surface area (Å²) >= 11 is 6.06. The lowest BCUT2D eigenvalue weighted by Crippen LogP contribution is -2.17. The van der Waals surface area contributed by atoms with Crippen LogP contribution in [-0.2, 0) is 13.0 Å². The summed E-state index contributed by atoms with van der Waals surface area (Å²) in [6, 6.07) is 14.3. The molecule has 2 aromatic carbocycles. The molecule has 1 aliphatic rings. The molecule has 110 valence electrons. The second kappa shape index (κ2) is 6.50. The van der Waals surface area contributed by atoms with E-state index >= 15 is 0 Å². The minimum Gasteiger partial charge on any atom is -0.493 e. The molecule has 1 atom stereocenters. The molecular formula is C18H20ClNO. The maximum Gasteiger partial charge on any atom is 0.125 e. The molecular weight excluding hydrogens is 282 g/mol. The van der Waals surface area contributed by atoms with Gasteiger partial charge in [0.05, 0.1) is 6.61 Å². The van der Waals surface area contributed by atoms with Crippen molar-refractivity contribution in [3.05, 3.63) is 64.2 Å². The van der Waals surface area contributed by atoms with Crippen LogP contribution in [0.4, 0.5) is 0 Å². The lowest BCUT2D eigenvalue weighted by molar-refractivity contribution is 0.272. The van der Waals surface area contributed by atoms with Gasteiger partial charge in [0.15, 0.2) is 0 Å². The Balaban J connectivity index is 1.76. The third-order valence-corrected chi connectivity index (χ3v) is 4.42. The zero-order valence-corrected chi connectivity index (χ0v) is 12.8. The number of halogens is 1. The van der Waals surface area contributed by atoms with Crippen LogP contribution in [0.3, 0.4) is 0 Å². The minimum absolute atomic E-state index is 0.458. The average molecular weight is 302 g/mol. The summed E-state index contributed by atoms with van der Waals surface area (Å²) in [7, 11) is 0. The second-order valence-electron chi connectivity index (χ2n) is 5.56. The van der Waals surface area contributed by atoms with Crippen LogP contribution in [0.15, 0.2) is 42.5 Å². The molecule has 0 aromatic heterocycles. The van der Waals surface area contributed by atoms with Crippen LogP contribution in [0.1, 0.15) is 35.4 Å². The Hall–Kier alpha value is -1.51. The number of fused-ring (bicyclic) bond motifs is 1. The van der Waals surface area contributed by atoms with E-state index < -0.39 is 0 Å². The summed E-state index contributed by atoms with van der Waals surface area (Å²) in [4.78, 5) is 0. The van der Waals surface area contributed by atoms with Gasteiger partial charge >= 0.3 is 0 Å². The minimum atomic E-state index is 0.458. The first-order valence-corrected chi connectivity index (χ1v) is 7.85. The molecule has 0 radical (unpaired) electrons. The second-order valence-corrected chi connectivity index (χ2v) is 5.99. The van der Waals surface area contributed by atoms with Crippen molar-refractivity contribution in [2.75, 3.05) is 6.61 Å². The molecule has 2 N–H and O–H groups in total. The summed E-state index contributed by atoms with van der Waals surface area (Å²) in [6.07, 6.45) is 3.58. The largest absolute Gasteiger partial charge is 0.493 e. The van der Waals surface area contributed by atoms with Crippen molar-refractivity contribution in [2.45, 2.75) is 31.7 Å².